The van der Waals surface area contributed by atoms with Gasteiger partial charge in [0.15, 0.2) is 0 Å². The normalized spacial score (nSPS) is 14.8. The molecule has 168 valence electrons. The molecule has 2 heterocycles. The van der Waals surface area contributed by atoms with Crippen LogP contribution in [0.1, 0.15) is 36.7 Å². The van der Waals surface area contributed by atoms with Crippen molar-refractivity contribution in [3.63, 3.8) is 0 Å². The molecule has 1 saturated heterocycles. The van der Waals surface area contributed by atoms with Crippen LogP contribution in [0.15, 0.2) is 66.0 Å². The third-order valence-corrected chi connectivity index (χ3v) is 7.25. The van der Waals surface area contributed by atoms with Crippen molar-refractivity contribution in [3.05, 3.63) is 66.7 Å². The lowest BCUT2D eigenvalue weighted by atomic mass is 10.2. The van der Waals surface area contributed by atoms with Gasteiger partial charge in [0, 0.05) is 25.0 Å². The fourth-order valence-electron chi connectivity index (χ4n) is 3.66. The summed E-state index contributed by atoms with van der Waals surface area (Å²) in [5.74, 6) is 0.230. The first-order chi connectivity index (χ1) is 15.5. The van der Waals surface area contributed by atoms with Gasteiger partial charge in [0.25, 0.3) is 5.91 Å². The number of carbonyl (C=O) groups excluding carboxylic acids is 1. The monoisotopic (exact) mass is 454 g/mol. The number of carbonyl (C=O) groups is 1. The molecule has 0 aliphatic carbocycles. The molecule has 0 spiro atoms. The Morgan fingerprint density at radius 3 is 2.50 bits per heavy atom. The highest BCUT2D eigenvalue weighted by atomic mass is 32.2. The van der Waals surface area contributed by atoms with Crippen LogP contribution in [0.5, 0.6) is 5.75 Å². The molecule has 1 amide bonds. The molecular weight excluding hydrogens is 428 g/mol. The second kappa shape index (κ2) is 9.54. The maximum absolute atomic E-state index is 12.8. The van der Waals surface area contributed by atoms with Crippen LogP contribution in [-0.4, -0.2) is 47.9 Å². The Morgan fingerprint density at radius 2 is 1.78 bits per heavy atom. The van der Waals surface area contributed by atoms with Gasteiger partial charge in [-0.3, -0.25) is 4.79 Å². The van der Waals surface area contributed by atoms with Crippen LogP contribution in [0.25, 0.3) is 5.69 Å². The molecule has 0 bridgehead atoms. The van der Waals surface area contributed by atoms with Crippen LogP contribution in [-0.2, 0) is 10.0 Å². The number of nitrogens with one attached hydrogen (secondary N) is 1. The first-order valence-electron chi connectivity index (χ1n) is 10.7. The molecule has 9 heteroatoms. The average Bonchev–Trinajstić information content (AvgIpc) is 3.32. The van der Waals surface area contributed by atoms with Crippen LogP contribution >= 0.6 is 0 Å². The molecule has 2 aromatic carbocycles. The minimum Gasteiger partial charge on any atom is -0.492 e. The summed E-state index contributed by atoms with van der Waals surface area (Å²) in [6, 6.07) is 13.8. The Hall–Kier alpha value is -3.17. The minimum absolute atomic E-state index is 0.237. The molecule has 8 nitrogen and oxygen atoms in total. The van der Waals surface area contributed by atoms with Gasteiger partial charge in [-0.1, -0.05) is 18.6 Å². The van der Waals surface area contributed by atoms with Crippen LogP contribution in [0.4, 0.5) is 5.69 Å². The van der Waals surface area contributed by atoms with E-state index in [-0.39, 0.29) is 16.5 Å². The largest absolute Gasteiger partial charge is 0.492 e. The fourth-order valence-corrected chi connectivity index (χ4v) is 5.18. The molecule has 0 radical (unpaired) electrons. The van der Waals surface area contributed by atoms with Crippen LogP contribution in [0.2, 0.25) is 0 Å². The molecule has 1 N–H and O–H groups in total. The lowest BCUT2D eigenvalue weighted by molar-refractivity contribution is 0.102. The van der Waals surface area contributed by atoms with Gasteiger partial charge in [-0.05, 0) is 56.2 Å². The predicted octanol–water partition coefficient (Wildman–Crippen LogP) is 3.70. The third kappa shape index (κ3) is 4.68. The highest BCUT2D eigenvalue weighted by Crippen LogP contribution is 2.25. The highest BCUT2D eigenvalue weighted by Gasteiger charge is 2.25. The minimum atomic E-state index is -3.48. The maximum Gasteiger partial charge on any atom is 0.275 e. The molecule has 4 rings (SSSR count). The molecule has 1 fully saturated rings. The topological polar surface area (TPSA) is 93.5 Å². The number of sulfonamides is 1. The maximum atomic E-state index is 12.8. The Kier molecular flexibility index (Phi) is 6.57. The molecule has 0 atom stereocenters. The first kappa shape index (κ1) is 22.0. The van der Waals surface area contributed by atoms with E-state index < -0.39 is 10.0 Å². The van der Waals surface area contributed by atoms with Crippen LogP contribution in [0.3, 0.4) is 0 Å². The number of nitrogens with zero attached hydrogens (tertiary/aromatic N) is 3. The van der Waals surface area contributed by atoms with Crippen LogP contribution in [0, 0.1) is 0 Å². The van der Waals surface area contributed by atoms with Crippen molar-refractivity contribution < 1.29 is 17.9 Å². The Bertz CT molecular complexity index is 1180. The van der Waals surface area contributed by atoms with Gasteiger partial charge in [0.2, 0.25) is 10.0 Å². The van der Waals surface area contributed by atoms with E-state index in [0.29, 0.717) is 36.8 Å². The lowest BCUT2D eigenvalue weighted by Gasteiger charge is -2.25. The zero-order chi connectivity index (χ0) is 22.6. The van der Waals surface area contributed by atoms with Gasteiger partial charge in [-0.25, -0.2) is 13.4 Å². The second-order valence-electron chi connectivity index (χ2n) is 7.51. The van der Waals surface area contributed by atoms with Gasteiger partial charge >= 0.3 is 0 Å². The molecule has 3 aromatic rings. The van der Waals surface area contributed by atoms with Gasteiger partial charge in [0.1, 0.15) is 17.8 Å². The Labute approximate surface area is 187 Å². The first-order valence-corrected chi connectivity index (χ1v) is 12.1. The summed E-state index contributed by atoms with van der Waals surface area (Å²) in [6.45, 7) is 3.50. The van der Waals surface area contributed by atoms with E-state index in [4.69, 9.17) is 4.74 Å². The zero-order valence-electron chi connectivity index (χ0n) is 17.9. The molecule has 1 aliphatic rings. The molecule has 32 heavy (non-hydrogen) atoms. The molecular formula is C23H26N4O4S. The molecule has 1 aliphatic heterocycles. The van der Waals surface area contributed by atoms with Crippen molar-refractivity contribution >= 4 is 21.6 Å². The number of benzene rings is 2. The number of hydrogen-bond donors (Lipinski definition) is 1. The number of amides is 1. The van der Waals surface area contributed by atoms with E-state index in [2.05, 4.69) is 10.3 Å². The SMILES string of the molecule is CCOc1ccccc1NC(=O)c1cn(-c2ccc(S(=O)(=O)N3CCCCC3)cc2)cn1. The number of para-hydroxylation sites is 2. The second-order valence-corrected chi connectivity index (χ2v) is 9.45. The van der Waals surface area contributed by atoms with Crippen molar-refractivity contribution in [1.82, 2.24) is 13.9 Å². The van der Waals surface area contributed by atoms with E-state index in [1.54, 1.807) is 51.5 Å². The quantitative estimate of drug-likeness (QED) is 0.588. The van der Waals surface area contributed by atoms with Crippen molar-refractivity contribution in [2.75, 3.05) is 25.0 Å². The zero-order valence-corrected chi connectivity index (χ0v) is 18.7. The molecule has 0 saturated carbocycles. The number of ether oxygens (including phenoxy) is 1. The lowest BCUT2D eigenvalue weighted by Crippen LogP contribution is -2.35. The number of aromatic nitrogens is 2. The van der Waals surface area contributed by atoms with E-state index in [1.807, 2.05) is 19.1 Å². The summed E-state index contributed by atoms with van der Waals surface area (Å²) >= 11 is 0. The Balaban J connectivity index is 1.48. The van der Waals surface area contributed by atoms with E-state index in [1.165, 1.54) is 6.33 Å². The van der Waals surface area contributed by atoms with E-state index in [9.17, 15) is 13.2 Å². The number of anilines is 1. The van der Waals surface area contributed by atoms with Crippen molar-refractivity contribution in [2.45, 2.75) is 31.1 Å². The summed E-state index contributed by atoms with van der Waals surface area (Å²) in [7, 11) is -3.48. The standard InChI is InChI=1S/C23H26N4O4S/c1-2-31-22-9-5-4-8-20(22)25-23(28)21-16-26(17-24-21)18-10-12-19(13-11-18)32(29,30)27-14-6-3-7-15-27/h4-5,8-13,16-17H,2-3,6-7,14-15H2,1H3,(H,25,28). The van der Waals surface area contributed by atoms with Crippen molar-refractivity contribution in [2.24, 2.45) is 0 Å². The smallest absolute Gasteiger partial charge is 0.275 e. The number of piperidine rings is 1. The molecule has 0 unspecified atom stereocenters. The van der Waals surface area contributed by atoms with Gasteiger partial charge in [-0.15, -0.1) is 0 Å². The van der Waals surface area contributed by atoms with Gasteiger partial charge < -0.3 is 14.6 Å². The van der Waals surface area contributed by atoms with E-state index >= 15 is 0 Å². The van der Waals surface area contributed by atoms with Crippen molar-refractivity contribution in [1.29, 1.82) is 0 Å². The summed E-state index contributed by atoms with van der Waals surface area (Å²) in [6.07, 6.45) is 5.99. The summed E-state index contributed by atoms with van der Waals surface area (Å²) in [5, 5.41) is 2.82. The highest BCUT2D eigenvalue weighted by molar-refractivity contribution is 7.89. The number of hydrogen-bond acceptors (Lipinski definition) is 5. The third-order valence-electron chi connectivity index (χ3n) is 5.34. The number of rotatable bonds is 7. The van der Waals surface area contributed by atoms with E-state index in [0.717, 1.165) is 19.3 Å². The van der Waals surface area contributed by atoms with Crippen LogP contribution < -0.4 is 10.1 Å². The number of imidazole rings is 1. The van der Waals surface area contributed by atoms with Gasteiger partial charge in [0.05, 0.1) is 17.2 Å². The summed E-state index contributed by atoms with van der Waals surface area (Å²) in [4.78, 5) is 17.1. The predicted molar refractivity (Wildman–Crippen MR) is 122 cm³/mol. The Morgan fingerprint density at radius 1 is 1.06 bits per heavy atom. The summed E-state index contributed by atoms with van der Waals surface area (Å²) in [5.41, 5.74) is 1.52. The summed E-state index contributed by atoms with van der Waals surface area (Å²) < 4.78 is 34.4. The molecule has 1 aromatic heterocycles. The van der Waals surface area contributed by atoms with Crippen molar-refractivity contribution in [3.8, 4) is 11.4 Å². The van der Waals surface area contributed by atoms with Gasteiger partial charge in [-0.2, -0.15) is 4.31 Å². The fraction of sp³-hybridized carbons (Fsp3) is 0.304. The average molecular weight is 455 g/mol.